The lowest BCUT2D eigenvalue weighted by Crippen LogP contribution is -1.97. The minimum Gasteiger partial charge on any atom is -0.204 e. The molecule has 0 aliphatic rings. The summed E-state index contributed by atoms with van der Waals surface area (Å²) < 4.78 is 26.9. The maximum atomic E-state index is 13.7. The largest absolute Gasteiger partial charge is 0.204 e. The highest BCUT2D eigenvalue weighted by atomic mass is 19.2. The monoisotopic (exact) mass is 296 g/mol. The van der Waals surface area contributed by atoms with Crippen LogP contribution in [0.1, 0.15) is 27.8 Å². The molecule has 2 heteroatoms. The van der Waals surface area contributed by atoms with Crippen molar-refractivity contribution in [3.8, 4) is 0 Å². The summed E-state index contributed by atoms with van der Waals surface area (Å²) in [6, 6.07) is 13.5. The van der Waals surface area contributed by atoms with Crippen molar-refractivity contribution in [2.45, 2.75) is 27.2 Å². The molecule has 112 valence electrons. The second-order valence-electron chi connectivity index (χ2n) is 5.94. The van der Waals surface area contributed by atoms with E-state index in [1.54, 1.807) is 13.0 Å². The van der Waals surface area contributed by atoms with E-state index in [2.05, 4.69) is 44.2 Å². The Morgan fingerprint density at radius 2 is 1.45 bits per heavy atom. The lowest BCUT2D eigenvalue weighted by atomic mass is 9.96. The lowest BCUT2D eigenvalue weighted by molar-refractivity contribution is 0.501. The Balaban J connectivity index is 2.01. The molecule has 0 N–H and O–H groups in total. The molecule has 0 radical (unpaired) electrons. The van der Waals surface area contributed by atoms with Crippen LogP contribution in [0, 0.1) is 32.4 Å². The Bertz CT molecular complexity index is 863. The van der Waals surface area contributed by atoms with Crippen LogP contribution in [0.5, 0.6) is 0 Å². The maximum Gasteiger partial charge on any atom is 0.162 e. The highest BCUT2D eigenvalue weighted by molar-refractivity contribution is 5.84. The van der Waals surface area contributed by atoms with E-state index in [4.69, 9.17) is 0 Å². The number of rotatable bonds is 2. The number of aryl methyl sites for hydroxylation is 2. The molecular formula is C20H18F2. The summed E-state index contributed by atoms with van der Waals surface area (Å²) >= 11 is 0. The minimum absolute atomic E-state index is 0.389. The van der Waals surface area contributed by atoms with Gasteiger partial charge in [-0.1, -0.05) is 36.4 Å². The second-order valence-corrected chi connectivity index (χ2v) is 5.94. The molecule has 0 saturated carbocycles. The molecule has 0 atom stereocenters. The fourth-order valence-electron chi connectivity index (χ4n) is 2.79. The quantitative estimate of drug-likeness (QED) is 0.574. The maximum absolute atomic E-state index is 13.7. The molecule has 0 bridgehead atoms. The van der Waals surface area contributed by atoms with Crippen LogP contribution in [0.25, 0.3) is 10.8 Å². The van der Waals surface area contributed by atoms with Crippen LogP contribution < -0.4 is 0 Å². The highest BCUT2D eigenvalue weighted by Gasteiger charge is 2.10. The van der Waals surface area contributed by atoms with Crippen molar-refractivity contribution < 1.29 is 8.78 Å². The third-order valence-electron chi connectivity index (χ3n) is 4.36. The molecule has 3 aromatic rings. The molecule has 0 nitrogen and oxygen atoms in total. The number of hydrogen-bond acceptors (Lipinski definition) is 0. The summed E-state index contributed by atoms with van der Waals surface area (Å²) in [6.07, 6.45) is 0.603. The average molecular weight is 296 g/mol. The van der Waals surface area contributed by atoms with E-state index in [9.17, 15) is 8.78 Å². The first-order chi connectivity index (χ1) is 10.5. The lowest BCUT2D eigenvalue weighted by Gasteiger charge is -2.10. The molecule has 0 saturated heterocycles. The van der Waals surface area contributed by atoms with Crippen LogP contribution >= 0.6 is 0 Å². The second kappa shape index (κ2) is 5.53. The topological polar surface area (TPSA) is 0 Å². The fourth-order valence-corrected chi connectivity index (χ4v) is 2.79. The Kier molecular flexibility index (Phi) is 3.69. The zero-order valence-corrected chi connectivity index (χ0v) is 13.0. The third kappa shape index (κ3) is 2.61. The zero-order chi connectivity index (χ0) is 15.9. The molecule has 22 heavy (non-hydrogen) atoms. The molecule has 0 aliphatic heterocycles. The van der Waals surface area contributed by atoms with Gasteiger partial charge in [0.25, 0.3) is 0 Å². The summed E-state index contributed by atoms with van der Waals surface area (Å²) in [5.41, 5.74) is 4.84. The number of hydrogen-bond donors (Lipinski definition) is 0. The van der Waals surface area contributed by atoms with Crippen molar-refractivity contribution in [1.82, 2.24) is 0 Å². The van der Waals surface area contributed by atoms with Crippen LogP contribution in [-0.2, 0) is 6.42 Å². The summed E-state index contributed by atoms with van der Waals surface area (Å²) in [7, 11) is 0. The van der Waals surface area contributed by atoms with Crippen molar-refractivity contribution in [2.24, 2.45) is 0 Å². The van der Waals surface area contributed by atoms with E-state index in [1.807, 2.05) is 0 Å². The van der Waals surface area contributed by atoms with E-state index in [0.29, 0.717) is 12.0 Å². The Morgan fingerprint density at radius 3 is 2.18 bits per heavy atom. The van der Waals surface area contributed by atoms with Crippen molar-refractivity contribution in [3.05, 3.63) is 81.9 Å². The van der Waals surface area contributed by atoms with Gasteiger partial charge in [-0.2, -0.15) is 0 Å². The van der Waals surface area contributed by atoms with E-state index in [0.717, 1.165) is 11.1 Å². The Hall–Kier alpha value is -2.22. The molecule has 3 rings (SSSR count). The van der Waals surface area contributed by atoms with Crippen molar-refractivity contribution in [3.63, 3.8) is 0 Å². The smallest absolute Gasteiger partial charge is 0.162 e. The first-order valence-corrected chi connectivity index (χ1v) is 7.39. The molecule has 0 aliphatic carbocycles. The molecule has 0 heterocycles. The van der Waals surface area contributed by atoms with E-state index >= 15 is 0 Å². The van der Waals surface area contributed by atoms with Crippen LogP contribution in [0.3, 0.4) is 0 Å². The average Bonchev–Trinajstić information content (AvgIpc) is 2.49. The van der Waals surface area contributed by atoms with Crippen molar-refractivity contribution >= 4 is 10.8 Å². The summed E-state index contributed by atoms with van der Waals surface area (Å²) in [5, 5.41) is 2.38. The van der Waals surface area contributed by atoms with Gasteiger partial charge in [-0.05, 0) is 71.8 Å². The van der Waals surface area contributed by atoms with Gasteiger partial charge in [0.2, 0.25) is 0 Å². The molecule has 0 spiro atoms. The van der Waals surface area contributed by atoms with Gasteiger partial charge < -0.3 is 0 Å². The number of benzene rings is 3. The zero-order valence-electron chi connectivity index (χ0n) is 13.0. The van der Waals surface area contributed by atoms with E-state index in [-0.39, 0.29) is 0 Å². The summed E-state index contributed by atoms with van der Waals surface area (Å²) in [4.78, 5) is 0. The predicted octanol–water partition coefficient (Wildman–Crippen LogP) is 5.63. The van der Waals surface area contributed by atoms with Gasteiger partial charge in [0, 0.05) is 0 Å². The third-order valence-corrected chi connectivity index (χ3v) is 4.36. The van der Waals surface area contributed by atoms with E-state index < -0.39 is 11.6 Å². The van der Waals surface area contributed by atoms with Gasteiger partial charge in [0.1, 0.15) is 0 Å². The standard InChI is InChI=1S/C20H18F2/c1-12-8-17-5-4-15(11-18(17)9-13(12)2)10-16-6-7-19(21)20(22)14(16)3/h4-9,11H,10H2,1-3H3. The normalized spacial score (nSPS) is 11.1. The minimum atomic E-state index is -0.786. The Morgan fingerprint density at radius 1 is 0.773 bits per heavy atom. The number of fused-ring (bicyclic) bond motifs is 1. The predicted molar refractivity (Wildman–Crippen MR) is 87.3 cm³/mol. The van der Waals surface area contributed by atoms with Crippen LogP contribution in [-0.4, -0.2) is 0 Å². The molecular weight excluding hydrogens is 278 g/mol. The summed E-state index contributed by atoms with van der Waals surface area (Å²) in [6.45, 7) is 5.83. The van der Waals surface area contributed by atoms with Gasteiger partial charge >= 0.3 is 0 Å². The molecule has 0 aromatic heterocycles. The summed E-state index contributed by atoms with van der Waals surface area (Å²) in [5.74, 6) is -1.53. The highest BCUT2D eigenvalue weighted by Crippen LogP contribution is 2.24. The molecule has 0 amide bonds. The van der Waals surface area contributed by atoms with Crippen LogP contribution in [0.4, 0.5) is 8.78 Å². The van der Waals surface area contributed by atoms with Crippen molar-refractivity contribution in [2.75, 3.05) is 0 Å². The van der Waals surface area contributed by atoms with Gasteiger partial charge in [-0.3, -0.25) is 0 Å². The van der Waals surface area contributed by atoms with Crippen LogP contribution in [0.15, 0.2) is 42.5 Å². The molecule has 3 aromatic carbocycles. The van der Waals surface area contributed by atoms with Crippen molar-refractivity contribution in [1.29, 1.82) is 0 Å². The molecule has 0 fully saturated rings. The van der Waals surface area contributed by atoms with Crippen LogP contribution in [0.2, 0.25) is 0 Å². The Labute approximate surface area is 129 Å². The van der Waals surface area contributed by atoms with Gasteiger partial charge in [0.05, 0.1) is 0 Å². The fraction of sp³-hybridized carbons (Fsp3) is 0.200. The SMILES string of the molecule is Cc1cc2ccc(Cc3ccc(F)c(F)c3C)cc2cc1C. The van der Waals surface area contributed by atoms with Gasteiger partial charge in [-0.25, -0.2) is 8.78 Å². The van der Waals surface area contributed by atoms with Gasteiger partial charge in [0.15, 0.2) is 11.6 Å². The van der Waals surface area contributed by atoms with Gasteiger partial charge in [-0.15, -0.1) is 0 Å². The first kappa shape index (κ1) is 14.7. The number of halogens is 2. The molecule has 0 unspecified atom stereocenters. The van der Waals surface area contributed by atoms with E-state index in [1.165, 1.54) is 28.0 Å². The first-order valence-electron chi connectivity index (χ1n) is 7.39.